The summed E-state index contributed by atoms with van der Waals surface area (Å²) in [4.78, 5) is 11.6. The van der Waals surface area contributed by atoms with Crippen LogP contribution in [0.2, 0.25) is 0 Å². The number of rotatable bonds is 1. The van der Waals surface area contributed by atoms with Crippen molar-refractivity contribution in [3.8, 4) is 0 Å². The zero-order valence-corrected chi connectivity index (χ0v) is 8.25. The van der Waals surface area contributed by atoms with Gasteiger partial charge in [-0.05, 0) is 24.0 Å². The highest BCUT2D eigenvalue weighted by Crippen LogP contribution is 2.34. The van der Waals surface area contributed by atoms with Crippen LogP contribution in [0.1, 0.15) is 26.2 Å². The molecule has 2 rings (SSSR count). The molecule has 1 heterocycles. The molecule has 0 aromatic carbocycles. The summed E-state index contributed by atoms with van der Waals surface area (Å²) < 4.78 is 5.18. The average Bonchev–Trinajstić information content (AvgIpc) is 2.55. The second-order valence-electron chi connectivity index (χ2n) is 3.62. The minimum atomic E-state index is -0.856. The Bertz CT molecular complexity index is 325. The van der Waals surface area contributed by atoms with Gasteiger partial charge in [0.15, 0.2) is 12.1 Å². The number of Topliss-reactive ketones (excluding diaryl/α,β-unsaturated/α-hetero) is 1. The number of allylic oxidation sites excluding steroid dienone is 1. The average molecular weight is 194 g/mol. The van der Waals surface area contributed by atoms with Gasteiger partial charge >= 0.3 is 0 Å². The van der Waals surface area contributed by atoms with E-state index in [2.05, 4.69) is 0 Å². The fraction of sp³-hybridized carbons (Fsp3) is 0.545. The topological polar surface area (TPSA) is 46.5 Å². The van der Waals surface area contributed by atoms with Crippen molar-refractivity contribution in [3.05, 3.63) is 22.8 Å². The fourth-order valence-corrected chi connectivity index (χ4v) is 2.06. The van der Waals surface area contributed by atoms with Gasteiger partial charge in [0.25, 0.3) is 0 Å². The third kappa shape index (κ3) is 1.42. The highest BCUT2D eigenvalue weighted by atomic mass is 16.6. The van der Waals surface area contributed by atoms with Crippen LogP contribution in [0.5, 0.6) is 0 Å². The van der Waals surface area contributed by atoms with Crippen molar-refractivity contribution in [1.29, 1.82) is 0 Å². The molecule has 0 amide bonds. The molecule has 0 saturated carbocycles. The van der Waals surface area contributed by atoms with E-state index < -0.39 is 6.29 Å². The van der Waals surface area contributed by atoms with E-state index in [4.69, 9.17) is 4.74 Å². The van der Waals surface area contributed by atoms with Crippen molar-refractivity contribution in [3.63, 3.8) is 0 Å². The lowest BCUT2D eigenvalue weighted by Crippen LogP contribution is -2.23. The van der Waals surface area contributed by atoms with Gasteiger partial charge in [-0.15, -0.1) is 0 Å². The van der Waals surface area contributed by atoms with Crippen molar-refractivity contribution < 1.29 is 14.6 Å². The Labute approximate surface area is 83.1 Å². The van der Waals surface area contributed by atoms with E-state index in [-0.39, 0.29) is 5.78 Å². The zero-order chi connectivity index (χ0) is 10.1. The molecule has 1 unspecified atom stereocenters. The summed E-state index contributed by atoms with van der Waals surface area (Å²) in [7, 11) is 0. The van der Waals surface area contributed by atoms with Crippen LogP contribution >= 0.6 is 0 Å². The van der Waals surface area contributed by atoms with Gasteiger partial charge in [-0.3, -0.25) is 4.79 Å². The number of aliphatic hydroxyl groups is 1. The van der Waals surface area contributed by atoms with Gasteiger partial charge in [-0.1, -0.05) is 13.0 Å². The van der Waals surface area contributed by atoms with Crippen molar-refractivity contribution in [2.75, 3.05) is 6.61 Å². The molecule has 0 saturated heterocycles. The van der Waals surface area contributed by atoms with Crippen LogP contribution in [0.4, 0.5) is 0 Å². The lowest BCUT2D eigenvalue weighted by atomic mass is 9.98. The van der Waals surface area contributed by atoms with Crippen LogP contribution in [0, 0.1) is 0 Å². The summed E-state index contributed by atoms with van der Waals surface area (Å²) in [5.74, 6) is 0.155. The molecule has 76 valence electrons. The zero-order valence-electron chi connectivity index (χ0n) is 8.25. The minimum Gasteiger partial charge on any atom is -0.364 e. The molecule has 1 aliphatic carbocycles. The van der Waals surface area contributed by atoms with Gasteiger partial charge in [0, 0.05) is 12.0 Å². The van der Waals surface area contributed by atoms with Crippen LogP contribution in [0.3, 0.4) is 0 Å². The molecule has 0 fully saturated rings. The minimum absolute atomic E-state index is 0.155. The molecule has 0 aromatic rings. The maximum Gasteiger partial charge on any atom is 0.178 e. The molecule has 3 heteroatoms. The Balaban J connectivity index is 2.41. The molecule has 14 heavy (non-hydrogen) atoms. The molecule has 0 spiro atoms. The molecule has 0 radical (unpaired) electrons. The third-order valence-corrected chi connectivity index (χ3v) is 2.69. The number of ketones is 1. The Kier molecular flexibility index (Phi) is 2.52. The maximum absolute atomic E-state index is 11.6. The number of hydrogen-bond donors (Lipinski definition) is 1. The van der Waals surface area contributed by atoms with Crippen molar-refractivity contribution in [1.82, 2.24) is 0 Å². The summed E-state index contributed by atoms with van der Waals surface area (Å²) in [6.45, 7) is 2.39. The molecule has 1 N–H and O–H groups in total. The summed E-state index contributed by atoms with van der Waals surface area (Å²) in [6.07, 6.45) is 3.21. The Hall–Kier alpha value is -0.930. The number of hydrogen-bond acceptors (Lipinski definition) is 3. The normalized spacial score (nSPS) is 30.0. The number of carbonyl (C=O) groups excluding carboxylic acids is 1. The van der Waals surface area contributed by atoms with Crippen molar-refractivity contribution in [2.24, 2.45) is 0 Å². The first-order valence-electron chi connectivity index (χ1n) is 4.99. The monoisotopic (exact) mass is 194 g/mol. The Morgan fingerprint density at radius 1 is 1.57 bits per heavy atom. The number of aliphatic hydroxyl groups excluding tert-OH is 1. The molecule has 2 aliphatic rings. The fourth-order valence-electron chi connectivity index (χ4n) is 2.06. The van der Waals surface area contributed by atoms with E-state index in [0.29, 0.717) is 19.4 Å². The molecule has 0 aromatic heterocycles. The lowest BCUT2D eigenvalue weighted by Gasteiger charge is -2.22. The van der Waals surface area contributed by atoms with Gasteiger partial charge in [0.1, 0.15) is 0 Å². The molecular weight excluding hydrogens is 180 g/mol. The summed E-state index contributed by atoms with van der Waals surface area (Å²) >= 11 is 0. The maximum atomic E-state index is 11.6. The quantitative estimate of drug-likeness (QED) is 0.685. The Morgan fingerprint density at radius 3 is 3.07 bits per heavy atom. The third-order valence-electron chi connectivity index (χ3n) is 2.69. The van der Waals surface area contributed by atoms with Crippen LogP contribution in [0.25, 0.3) is 0 Å². The van der Waals surface area contributed by atoms with Gasteiger partial charge in [0.2, 0.25) is 0 Å². The molecular formula is C11H14O3. The van der Waals surface area contributed by atoms with Gasteiger partial charge < -0.3 is 9.84 Å². The lowest BCUT2D eigenvalue weighted by molar-refractivity contribution is -0.115. The van der Waals surface area contributed by atoms with E-state index in [1.807, 2.05) is 13.0 Å². The summed E-state index contributed by atoms with van der Waals surface area (Å²) in [6, 6.07) is 0. The number of ether oxygens (including phenoxy) is 1. The predicted octanol–water partition coefficient (Wildman–Crippen LogP) is 1.33. The van der Waals surface area contributed by atoms with E-state index >= 15 is 0 Å². The van der Waals surface area contributed by atoms with E-state index in [9.17, 15) is 9.90 Å². The van der Waals surface area contributed by atoms with Crippen LogP contribution < -0.4 is 0 Å². The molecule has 1 aliphatic heterocycles. The van der Waals surface area contributed by atoms with Crippen molar-refractivity contribution in [2.45, 2.75) is 32.5 Å². The summed E-state index contributed by atoms with van der Waals surface area (Å²) in [5, 5.41) is 9.52. The first-order valence-corrected chi connectivity index (χ1v) is 4.99. The first-order chi connectivity index (χ1) is 6.74. The highest BCUT2D eigenvalue weighted by molar-refractivity contribution is 6.03. The summed E-state index contributed by atoms with van der Waals surface area (Å²) in [5.41, 5.74) is 2.47. The van der Waals surface area contributed by atoms with Gasteiger partial charge in [-0.2, -0.15) is 0 Å². The largest absolute Gasteiger partial charge is 0.364 e. The van der Waals surface area contributed by atoms with E-state index in [1.165, 1.54) is 0 Å². The second-order valence-corrected chi connectivity index (χ2v) is 3.62. The smallest absolute Gasteiger partial charge is 0.178 e. The van der Waals surface area contributed by atoms with Crippen LogP contribution in [0.15, 0.2) is 22.8 Å². The van der Waals surface area contributed by atoms with E-state index in [1.54, 1.807) is 0 Å². The van der Waals surface area contributed by atoms with Crippen molar-refractivity contribution >= 4 is 5.78 Å². The molecule has 0 bridgehead atoms. The van der Waals surface area contributed by atoms with Gasteiger partial charge in [-0.25, -0.2) is 0 Å². The molecule has 1 atom stereocenters. The highest BCUT2D eigenvalue weighted by Gasteiger charge is 2.33. The van der Waals surface area contributed by atoms with Crippen LogP contribution in [-0.4, -0.2) is 23.8 Å². The first kappa shape index (κ1) is 9.62. The number of carbonyl (C=O) groups is 1. The second kappa shape index (κ2) is 3.67. The molecule has 3 nitrogen and oxygen atoms in total. The standard InChI is InChI=1S/C11H14O3/c1-2-3-7-6-14-11(13)8-4-5-9(12)10(7)8/h3,11,13H,2,4-6H2,1H3/b7-3+. The van der Waals surface area contributed by atoms with Gasteiger partial charge in [0.05, 0.1) is 6.61 Å². The SMILES string of the molecule is CC/C=C1\COC(O)C2=C1C(=O)CC2. The Morgan fingerprint density at radius 2 is 2.36 bits per heavy atom. The van der Waals surface area contributed by atoms with E-state index in [0.717, 1.165) is 23.1 Å². The predicted molar refractivity (Wildman–Crippen MR) is 51.6 cm³/mol. The van der Waals surface area contributed by atoms with Crippen LogP contribution in [-0.2, 0) is 9.53 Å².